The average Bonchev–Trinajstić information content (AvgIpc) is 3.20. The molecule has 0 saturated carbocycles. The van der Waals surface area contributed by atoms with Gasteiger partial charge in [0.1, 0.15) is 4.90 Å². The molecular weight excluding hydrogens is 439 g/mol. The van der Waals surface area contributed by atoms with Crippen LogP contribution in [0.1, 0.15) is 18.4 Å². The van der Waals surface area contributed by atoms with Gasteiger partial charge in [0.15, 0.2) is 0 Å². The van der Waals surface area contributed by atoms with Crippen molar-refractivity contribution in [1.29, 1.82) is 0 Å². The van der Waals surface area contributed by atoms with Gasteiger partial charge in [0.2, 0.25) is 15.9 Å². The third kappa shape index (κ3) is 5.42. The molecule has 1 saturated heterocycles. The Hall–Kier alpha value is -1.25. The topological polar surface area (TPSA) is 66.5 Å². The molecule has 0 spiro atoms. The summed E-state index contributed by atoms with van der Waals surface area (Å²) in [6, 6.07) is 12.0. The van der Waals surface area contributed by atoms with Gasteiger partial charge in [0, 0.05) is 29.6 Å². The fraction of sp³-hybridized carbons (Fsp3) is 0.316. The molecule has 0 atom stereocenters. The summed E-state index contributed by atoms with van der Waals surface area (Å²) in [6.45, 7) is 0.993. The van der Waals surface area contributed by atoms with Gasteiger partial charge in [-0.05, 0) is 48.7 Å². The number of carbonyl (C=O) groups is 1. The molecule has 1 N–H and O–H groups in total. The highest BCUT2D eigenvalue weighted by Crippen LogP contribution is 2.29. The second-order valence-corrected chi connectivity index (χ2v) is 10.2. The first-order valence-corrected chi connectivity index (χ1v) is 12.1. The lowest BCUT2D eigenvalue weighted by Gasteiger charge is -2.17. The molecule has 28 heavy (non-hydrogen) atoms. The lowest BCUT2D eigenvalue weighted by atomic mass is 10.2. The van der Waals surface area contributed by atoms with E-state index < -0.39 is 10.0 Å². The van der Waals surface area contributed by atoms with Crippen molar-refractivity contribution in [2.24, 2.45) is 0 Å². The summed E-state index contributed by atoms with van der Waals surface area (Å²) in [6.07, 6.45) is 1.69. The summed E-state index contributed by atoms with van der Waals surface area (Å²) in [5.74, 6) is 0.727. The molecule has 3 rings (SSSR count). The fourth-order valence-corrected chi connectivity index (χ4v) is 5.82. The Morgan fingerprint density at radius 2 is 1.75 bits per heavy atom. The maximum Gasteiger partial charge on any atom is 0.244 e. The summed E-state index contributed by atoms with van der Waals surface area (Å²) >= 11 is 13.4. The minimum Gasteiger partial charge on any atom is -0.325 e. The Morgan fingerprint density at radius 1 is 1.07 bits per heavy atom. The van der Waals surface area contributed by atoms with Gasteiger partial charge in [-0.25, -0.2) is 8.42 Å². The van der Waals surface area contributed by atoms with E-state index in [4.69, 9.17) is 23.2 Å². The SMILES string of the molecule is O=C(CSCc1ccc(Cl)cc1)Nc1ccc(Cl)c(S(=O)(=O)N2CCCC2)c1. The number of hydrogen-bond donors (Lipinski definition) is 1. The highest BCUT2D eigenvalue weighted by Gasteiger charge is 2.29. The molecule has 0 bridgehead atoms. The lowest BCUT2D eigenvalue weighted by molar-refractivity contribution is -0.113. The standard InChI is InChI=1S/C19H20Cl2N2O3S2/c20-15-5-3-14(4-6-15)12-27-13-19(24)22-16-7-8-17(21)18(11-16)28(25,26)23-9-1-2-10-23/h3-8,11H,1-2,9-10,12-13H2,(H,22,24). The normalized spacial score (nSPS) is 14.9. The quantitative estimate of drug-likeness (QED) is 0.655. The van der Waals surface area contributed by atoms with Crippen LogP contribution in [0.3, 0.4) is 0 Å². The van der Waals surface area contributed by atoms with Crippen molar-refractivity contribution in [3.8, 4) is 0 Å². The molecule has 0 aromatic heterocycles. The van der Waals surface area contributed by atoms with E-state index >= 15 is 0 Å². The number of sulfonamides is 1. The number of anilines is 1. The van der Waals surface area contributed by atoms with Crippen LogP contribution in [0.2, 0.25) is 10.0 Å². The highest BCUT2D eigenvalue weighted by molar-refractivity contribution is 7.99. The minimum atomic E-state index is -3.65. The van der Waals surface area contributed by atoms with Gasteiger partial charge < -0.3 is 5.32 Å². The van der Waals surface area contributed by atoms with Crippen LogP contribution in [0.25, 0.3) is 0 Å². The Kier molecular flexibility index (Phi) is 7.28. The van der Waals surface area contributed by atoms with Crippen molar-refractivity contribution in [2.45, 2.75) is 23.5 Å². The maximum absolute atomic E-state index is 12.8. The number of thioether (sulfide) groups is 1. The number of carbonyl (C=O) groups excluding carboxylic acids is 1. The third-order valence-electron chi connectivity index (χ3n) is 4.31. The predicted octanol–water partition coefficient (Wildman–Crippen LogP) is 4.65. The first-order chi connectivity index (χ1) is 13.4. The Bertz CT molecular complexity index is 944. The van der Waals surface area contributed by atoms with E-state index in [0.717, 1.165) is 18.4 Å². The molecule has 1 amide bonds. The van der Waals surface area contributed by atoms with Gasteiger partial charge in [0.25, 0.3) is 0 Å². The number of hydrogen-bond acceptors (Lipinski definition) is 4. The van der Waals surface area contributed by atoms with Crippen molar-refractivity contribution in [3.05, 3.63) is 58.1 Å². The largest absolute Gasteiger partial charge is 0.325 e. The second kappa shape index (κ2) is 9.50. The third-order valence-corrected chi connectivity index (χ3v) is 7.95. The molecule has 9 heteroatoms. The van der Waals surface area contributed by atoms with Crippen LogP contribution in [-0.4, -0.2) is 37.5 Å². The highest BCUT2D eigenvalue weighted by atomic mass is 35.5. The zero-order chi connectivity index (χ0) is 20.1. The van der Waals surface area contributed by atoms with Crippen LogP contribution in [0.5, 0.6) is 0 Å². The lowest BCUT2D eigenvalue weighted by Crippen LogP contribution is -2.28. The van der Waals surface area contributed by atoms with Crippen molar-refractivity contribution in [3.63, 3.8) is 0 Å². The Balaban J connectivity index is 1.61. The predicted molar refractivity (Wildman–Crippen MR) is 116 cm³/mol. The maximum atomic E-state index is 12.8. The number of nitrogens with zero attached hydrogens (tertiary/aromatic N) is 1. The fourth-order valence-electron chi connectivity index (χ4n) is 2.89. The van der Waals surface area contributed by atoms with Crippen molar-refractivity contribution >= 4 is 56.6 Å². The molecule has 0 radical (unpaired) electrons. The summed E-state index contributed by atoms with van der Waals surface area (Å²) < 4.78 is 27.0. The first-order valence-electron chi connectivity index (χ1n) is 8.78. The summed E-state index contributed by atoms with van der Waals surface area (Å²) in [5, 5.41) is 3.57. The average molecular weight is 459 g/mol. The zero-order valence-corrected chi connectivity index (χ0v) is 18.2. The van der Waals surface area contributed by atoms with Gasteiger partial charge in [-0.1, -0.05) is 35.3 Å². The smallest absolute Gasteiger partial charge is 0.244 e. The summed E-state index contributed by atoms with van der Waals surface area (Å²) in [7, 11) is -3.65. The summed E-state index contributed by atoms with van der Waals surface area (Å²) in [5.41, 5.74) is 1.49. The Morgan fingerprint density at radius 3 is 2.43 bits per heavy atom. The molecule has 1 aliphatic rings. The monoisotopic (exact) mass is 458 g/mol. The molecule has 2 aromatic rings. The number of benzene rings is 2. The van der Waals surface area contributed by atoms with Gasteiger partial charge in [-0.15, -0.1) is 11.8 Å². The van der Waals surface area contributed by atoms with Crippen molar-refractivity contribution in [1.82, 2.24) is 4.31 Å². The van der Waals surface area contributed by atoms with E-state index in [2.05, 4.69) is 5.32 Å². The van der Waals surface area contributed by atoms with Gasteiger partial charge in [-0.3, -0.25) is 4.79 Å². The van der Waals surface area contributed by atoms with Crippen LogP contribution >= 0.6 is 35.0 Å². The molecule has 1 aliphatic heterocycles. The van der Waals surface area contributed by atoms with E-state index in [9.17, 15) is 13.2 Å². The van der Waals surface area contributed by atoms with Gasteiger partial charge in [0.05, 0.1) is 10.8 Å². The molecule has 150 valence electrons. The van der Waals surface area contributed by atoms with Crippen molar-refractivity contribution in [2.75, 3.05) is 24.2 Å². The minimum absolute atomic E-state index is 0.0303. The molecular formula is C19H20Cl2N2O3S2. The Labute approximate surface area is 179 Å². The number of halogens is 2. The zero-order valence-electron chi connectivity index (χ0n) is 15.0. The van der Waals surface area contributed by atoms with E-state index in [0.29, 0.717) is 29.6 Å². The van der Waals surface area contributed by atoms with Crippen LogP contribution < -0.4 is 5.32 Å². The van der Waals surface area contributed by atoms with Crippen LogP contribution in [0.15, 0.2) is 47.4 Å². The molecule has 1 fully saturated rings. The van der Waals surface area contributed by atoms with E-state index in [1.165, 1.54) is 28.2 Å². The summed E-state index contributed by atoms with van der Waals surface area (Å²) in [4.78, 5) is 12.2. The van der Waals surface area contributed by atoms with Crippen molar-refractivity contribution < 1.29 is 13.2 Å². The van der Waals surface area contributed by atoms with Gasteiger partial charge >= 0.3 is 0 Å². The van der Waals surface area contributed by atoms with E-state index in [1.54, 1.807) is 6.07 Å². The second-order valence-electron chi connectivity index (χ2n) is 6.42. The number of rotatable bonds is 7. The molecule has 0 aliphatic carbocycles. The number of nitrogens with one attached hydrogen (secondary N) is 1. The van der Waals surface area contributed by atoms with Crippen LogP contribution in [-0.2, 0) is 20.6 Å². The molecule has 5 nitrogen and oxygen atoms in total. The molecule has 0 unspecified atom stereocenters. The first kappa shape index (κ1) is 21.5. The molecule has 2 aromatic carbocycles. The van der Waals surface area contributed by atoms with Gasteiger partial charge in [-0.2, -0.15) is 4.31 Å². The van der Waals surface area contributed by atoms with Crippen LogP contribution in [0.4, 0.5) is 5.69 Å². The number of amides is 1. The van der Waals surface area contributed by atoms with E-state index in [-0.39, 0.29) is 21.6 Å². The van der Waals surface area contributed by atoms with Crippen LogP contribution in [0, 0.1) is 0 Å². The molecule has 1 heterocycles. The van der Waals surface area contributed by atoms with E-state index in [1.807, 2.05) is 24.3 Å².